The number of benzene rings is 1. The van der Waals surface area contributed by atoms with Gasteiger partial charge < -0.3 is 10.6 Å². The van der Waals surface area contributed by atoms with E-state index in [4.69, 9.17) is 0 Å². The van der Waals surface area contributed by atoms with E-state index in [2.05, 4.69) is 17.6 Å². The number of aryl methyl sites for hydroxylation is 1. The number of amides is 1. The average Bonchev–Trinajstić information content (AvgIpc) is 2.50. The minimum absolute atomic E-state index is 0.00725. The molecule has 0 aliphatic heterocycles. The van der Waals surface area contributed by atoms with Gasteiger partial charge in [-0.3, -0.25) is 4.79 Å². The summed E-state index contributed by atoms with van der Waals surface area (Å²) in [5.41, 5.74) is 3.03. The molecule has 1 aliphatic carbocycles. The van der Waals surface area contributed by atoms with E-state index < -0.39 is 0 Å². The zero-order chi connectivity index (χ0) is 15.1. The van der Waals surface area contributed by atoms with Crippen LogP contribution in [-0.2, 0) is 0 Å². The number of nitrogens with one attached hydrogen (secondary N) is 2. The molecule has 21 heavy (non-hydrogen) atoms. The molecule has 1 fully saturated rings. The summed E-state index contributed by atoms with van der Waals surface area (Å²) in [5.74, 6) is 0.894. The van der Waals surface area contributed by atoms with Crippen LogP contribution in [0.3, 0.4) is 0 Å². The smallest absolute Gasteiger partial charge is 0.251 e. The predicted octanol–water partition coefficient (Wildman–Crippen LogP) is 4.13. The molecule has 3 heteroatoms. The van der Waals surface area contributed by atoms with Gasteiger partial charge in [-0.05, 0) is 43.9 Å². The Bertz CT molecular complexity index is 464. The summed E-state index contributed by atoms with van der Waals surface area (Å²) >= 11 is 0. The zero-order valence-electron chi connectivity index (χ0n) is 13.4. The fourth-order valence-corrected chi connectivity index (χ4v) is 3.10. The lowest BCUT2D eigenvalue weighted by molar-refractivity contribution is 0.0956. The summed E-state index contributed by atoms with van der Waals surface area (Å²) in [7, 11) is 0. The van der Waals surface area contributed by atoms with Crippen molar-refractivity contribution in [2.45, 2.75) is 52.4 Å². The fourth-order valence-electron chi connectivity index (χ4n) is 3.10. The lowest BCUT2D eigenvalue weighted by Crippen LogP contribution is -2.22. The van der Waals surface area contributed by atoms with Crippen molar-refractivity contribution in [1.82, 2.24) is 5.32 Å². The fraction of sp³-hybridized carbons (Fsp3) is 0.611. The molecule has 0 bridgehead atoms. The highest BCUT2D eigenvalue weighted by molar-refractivity contribution is 5.95. The molecule has 1 aromatic rings. The van der Waals surface area contributed by atoms with Crippen molar-refractivity contribution in [3.63, 3.8) is 0 Å². The van der Waals surface area contributed by atoms with E-state index in [1.54, 1.807) is 0 Å². The number of hydrogen-bond acceptors (Lipinski definition) is 2. The Hall–Kier alpha value is -1.51. The first-order chi connectivity index (χ1) is 10.2. The van der Waals surface area contributed by atoms with Crippen molar-refractivity contribution in [2.24, 2.45) is 5.92 Å². The Morgan fingerprint density at radius 3 is 2.71 bits per heavy atom. The van der Waals surface area contributed by atoms with E-state index in [0.717, 1.165) is 23.7 Å². The Morgan fingerprint density at radius 2 is 2.00 bits per heavy atom. The van der Waals surface area contributed by atoms with Crippen LogP contribution in [0.2, 0.25) is 0 Å². The van der Waals surface area contributed by atoms with E-state index >= 15 is 0 Å². The maximum atomic E-state index is 11.9. The van der Waals surface area contributed by atoms with E-state index in [-0.39, 0.29) is 5.91 Å². The molecule has 2 rings (SSSR count). The van der Waals surface area contributed by atoms with Crippen molar-refractivity contribution >= 4 is 11.6 Å². The maximum Gasteiger partial charge on any atom is 0.251 e. The molecule has 0 spiro atoms. The van der Waals surface area contributed by atoms with Crippen molar-refractivity contribution < 1.29 is 4.79 Å². The second kappa shape index (κ2) is 8.06. The average molecular weight is 288 g/mol. The molecule has 1 aromatic carbocycles. The van der Waals surface area contributed by atoms with E-state index in [9.17, 15) is 4.79 Å². The third-order valence-electron chi connectivity index (χ3n) is 4.43. The van der Waals surface area contributed by atoms with Crippen LogP contribution in [0, 0.1) is 12.8 Å². The second-order valence-corrected chi connectivity index (χ2v) is 6.11. The van der Waals surface area contributed by atoms with Gasteiger partial charge in [-0.25, -0.2) is 0 Å². The Labute approximate surface area is 128 Å². The second-order valence-electron chi connectivity index (χ2n) is 6.11. The summed E-state index contributed by atoms with van der Waals surface area (Å²) in [5, 5.41) is 6.37. The standard InChI is InChI=1S/C18H28N2O/c1-3-19-18(21)16-10-9-14(2)17(13-16)20-12-11-15-7-5-4-6-8-15/h9-10,13,15,20H,3-8,11-12H2,1-2H3,(H,19,21). The van der Waals surface area contributed by atoms with Gasteiger partial charge in [-0.1, -0.05) is 38.2 Å². The summed E-state index contributed by atoms with van der Waals surface area (Å²) < 4.78 is 0. The minimum atomic E-state index is 0.00725. The SMILES string of the molecule is CCNC(=O)c1ccc(C)c(NCCC2CCCCC2)c1. The number of hydrogen-bond donors (Lipinski definition) is 2. The largest absolute Gasteiger partial charge is 0.385 e. The Morgan fingerprint density at radius 1 is 1.24 bits per heavy atom. The van der Waals surface area contributed by atoms with Crippen LogP contribution in [0.25, 0.3) is 0 Å². The molecule has 1 amide bonds. The summed E-state index contributed by atoms with van der Waals surface area (Å²) in [4.78, 5) is 11.9. The maximum absolute atomic E-state index is 11.9. The molecule has 1 saturated carbocycles. The zero-order valence-corrected chi connectivity index (χ0v) is 13.4. The summed E-state index contributed by atoms with van der Waals surface area (Å²) in [6.07, 6.45) is 8.23. The topological polar surface area (TPSA) is 41.1 Å². The molecule has 0 saturated heterocycles. The Kier molecular flexibility index (Phi) is 6.09. The van der Waals surface area contributed by atoms with Crippen LogP contribution < -0.4 is 10.6 Å². The highest BCUT2D eigenvalue weighted by Gasteiger charge is 2.13. The van der Waals surface area contributed by atoms with Crippen LogP contribution >= 0.6 is 0 Å². The monoisotopic (exact) mass is 288 g/mol. The number of carbonyl (C=O) groups is 1. The van der Waals surface area contributed by atoms with Crippen molar-refractivity contribution in [3.8, 4) is 0 Å². The van der Waals surface area contributed by atoms with Crippen molar-refractivity contribution in [1.29, 1.82) is 0 Å². The first kappa shape index (κ1) is 15.9. The van der Waals surface area contributed by atoms with Gasteiger partial charge in [0.15, 0.2) is 0 Å². The molecule has 116 valence electrons. The number of anilines is 1. The Balaban J connectivity index is 1.89. The predicted molar refractivity (Wildman–Crippen MR) is 88.9 cm³/mol. The molecule has 1 aliphatic rings. The molecular formula is C18H28N2O. The van der Waals surface area contributed by atoms with Crippen LogP contribution in [0.5, 0.6) is 0 Å². The van der Waals surface area contributed by atoms with Gasteiger partial charge in [0.1, 0.15) is 0 Å². The van der Waals surface area contributed by atoms with Crippen LogP contribution in [0.4, 0.5) is 5.69 Å². The molecule has 0 atom stereocenters. The van der Waals surface area contributed by atoms with E-state index in [0.29, 0.717) is 6.54 Å². The van der Waals surface area contributed by atoms with Gasteiger partial charge in [-0.2, -0.15) is 0 Å². The summed E-state index contributed by atoms with van der Waals surface area (Å²) in [6, 6.07) is 5.89. The van der Waals surface area contributed by atoms with Crippen LogP contribution in [0.15, 0.2) is 18.2 Å². The van der Waals surface area contributed by atoms with Gasteiger partial charge in [0.05, 0.1) is 0 Å². The third-order valence-corrected chi connectivity index (χ3v) is 4.43. The van der Waals surface area contributed by atoms with Gasteiger partial charge in [0.25, 0.3) is 5.91 Å². The van der Waals surface area contributed by atoms with Gasteiger partial charge in [-0.15, -0.1) is 0 Å². The minimum Gasteiger partial charge on any atom is -0.385 e. The van der Waals surface area contributed by atoms with Gasteiger partial charge in [0, 0.05) is 24.3 Å². The van der Waals surface area contributed by atoms with Gasteiger partial charge in [0.2, 0.25) is 0 Å². The first-order valence-corrected chi connectivity index (χ1v) is 8.33. The molecule has 0 unspecified atom stereocenters. The number of rotatable bonds is 6. The highest BCUT2D eigenvalue weighted by Crippen LogP contribution is 2.26. The lowest BCUT2D eigenvalue weighted by Gasteiger charge is -2.22. The molecular weight excluding hydrogens is 260 g/mol. The van der Waals surface area contributed by atoms with Crippen molar-refractivity contribution in [2.75, 3.05) is 18.4 Å². The van der Waals surface area contributed by atoms with Crippen molar-refractivity contribution in [3.05, 3.63) is 29.3 Å². The lowest BCUT2D eigenvalue weighted by atomic mass is 9.87. The quantitative estimate of drug-likeness (QED) is 0.826. The highest BCUT2D eigenvalue weighted by atomic mass is 16.1. The first-order valence-electron chi connectivity index (χ1n) is 8.33. The van der Waals surface area contributed by atoms with E-state index in [1.165, 1.54) is 44.1 Å². The molecule has 0 aromatic heterocycles. The molecule has 2 N–H and O–H groups in total. The van der Waals surface area contributed by atoms with Crippen LogP contribution in [-0.4, -0.2) is 19.0 Å². The molecule has 0 radical (unpaired) electrons. The molecule has 0 heterocycles. The number of carbonyl (C=O) groups excluding carboxylic acids is 1. The van der Waals surface area contributed by atoms with E-state index in [1.807, 2.05) is 25.1 Å². The molecule has 3 nitrogen and oxygen atoms in total. The normalized spacial score (nSPS) is 15.7. The van der Waals surface area contributed by atoms with Crippen LogP contribution in [0.1, 0.15) is 61.4 Å². The summed E-state index contributed by atoms with van der Waals surface area (Å²) in [6.45, 7) is 5.70. The van der Waals surface area contributed by atoms with Gasteiger partial charge >= 0.3 is 0 Å². The third kappa shape index (κ3) is 4.76.